The number of hydrogen-bond acceptors (Lipinski definition) is 3. The molecular weight excluding hydrogens is 344 g/mol. The second kappa shape index (κ2) is 8.46. The van der Waals surface area contributed by atoms with E-state index in [-0.39, 0.29) is 0 Å². The molecule has 2 heterocycles. The van der Waals surface area contributed by atoms with Crippen LogP contribution in [0, 0.1) is 6.92 Å². The van der Waals surface area contributed by atoms with Crippen molar-refractivity contribution in [2.45, 2.75) is 39.3 Å². The van der Waals surface area contributed by atoms with Crippen LogP contribution in [0.1, 0.15) is 23.9 Å². The number of piperazine rings is 1. The molecule has 148 valence electrons. The molecule has 3 aromatic rings. The van der Waals surface area contributed by atoms with Gasteiger partial charge in [0.05, 0.1) is 11.0 Å². The van der Waals surface area contributed by atoms with E-state index in [4.69, 9.17) is 4.98 Å². The summed E-state index contributed by atoms with van der Waals surface area (Å²) in [6.45, 7) is 10.1. The van der Waals surface area contributed by atoms with Gasteiger partial charge in [-0.2, -0.15) is 0 Å². The maximum atomic E-state index is 4.99. The Morgan fingerprint density at radius 2 is 1.64 bits per heavy atom. The lowest BCUT2D eigenvalue weighted by molar-refractivity contribution is 0.110. The first-order valence-electron chi connectivity index (χ1n) is 10.5. The van der Waals surface area contributed by atoms with Crippen molar-refractivity contribution < 1.29 is 0 Å². The van der Waals surface area contributed by atoms with Gasteiger partial charge in [-0.25, -0.2) is 4.98 Å². The van der Waals surface area contributed by atoms with Crippen LogP contribution in [0.25, 0.3) is 11.0 Å². The smallest absolute Gasteiger partial charge is 0.110 e. The molecule has 4 nitrogen and oxygen atoms in total. The molecule has 0 saturated carbocycles. The molecule has 0 spiro atoms. The Balaban J connectivity index is 1.53. The summed E-state index contributed by atoms with van der Waals surface area (Å²) in [4.78, 5) is 10.0. The van der Waals surface area contributed by atoms with Gasteiger partial charge in [0, 0.05) is 45.2 Å². The summed E-state index contributed by atoms with van der Waals surface area (Å²) < 4.78 is 2.46. The summed E-state index contributed by atoms with van der Waals surface area (Å²) in [6.07, 6.45) is 2.01. The molecule has 2 aromatic carbocycles. The van der Waals surface area contributed by atoms with Gasteiger partial charge in [-0.15, -0.1) is 0 Å². The van der Waals surface area contributed by atoms with Gasteiger partial charge >= 0.3 is 0 Å². The number of nitrogens with zero attached hydrogens (tertiary/aromatic N) is 4. The number of hydrogen-bond donors (Lipinski definition) is 0. The molecule has 1 aliphatic rings. The lowest BCUT2D eigenvalue weighted by Crippen LogP contribution is -2.49. The van der Waals surface area contributed by atoms with Gasteiger partial charge in [0.1, 0.15) is 5.82 Å². The lowest BCUT2D eigenvalue weighted by atomic mass is 10.1. The fourth-order valence-corrected chi connectivity index (χ4v) is 4.17. The molecule has 1 saturated heterocycles. The number of para-hydroxylation sites is 2. The number of likely N-dealkylation sites (N-methyl/N-ethyl adjacent to an activating group) is 1. The Kier molecular flexibility index (Phi) is 5.79. The van der Waals surface area contributed by atoms with Gasteiger partial charge in [-0.05, 0) is 45.0 Å². The third-order valence-electron chi connectivity index (χ3n) is 6.10. The Morgan fingerprint density at radius 3 is 2.39 bits per heavy atom. The van der Waals surface area contributed by atoms with E-state index < -0.39 is 0 Å². The van der Waals surface area contributed by atoms with Crippen molar-refractivity contribution in [1.82, 2.24) is 19.4 Å². The van der Waals surface area contributed by atoms with Crippen molar-refractivity contribution in [1.29, 1.82) is 0 Å². The highest BCUT2D eigenvalue weighted by Crippen LogP contribution is 2.20. The highest BCUT2D eigenvalue weighted by molar-refractivity contribution is 5.75. The highest BCUT2D eigenvalue weighted by Gasteiger charge is 2.21. The molecule has 1 aliphatic heterocycles. The Morgan fingerprint density at radius 1 is 0.929 bits per heavy atom. The average Bonchev–Trinajstić information content (AvgIpc) is 3.05. The zero-order valence-corrected chi connectivity index (χ0v) is 17.4. The third-order valence-corrected chi connectivity index (χ3v) is 6.10. The van der Waals surface area contributed by atoms with Crippen LogP contribution in [0.2, 0.25) is 0 Å². The zero-order chi connectivity index (χ0) is 19.5. The Labute approximate surface area is 168 Å². The summed E-state index contributed by atoms with van der Waals surface area (Å²) in [5, 5.41) is 0. The summed E-state index contributed by atoms with van der Waals surface area (Å²) in [5.41, 5.74) is 5.09. The highest BCUT2D eigenvalue weighted by atomic mass is 15.3. The first-order chi connectivity index (χ1) is 13.6. The van der Waals surface area contributed by atoms with Gasteiger partial charge in [0.15, 0.2) is 0 Å². The van der Waals surface area contributed by atoms with E-state index in [1.807, 2.05) is 0 Å². The van der Waals surface area contributed by atoms with Crippen LogP contribution in [0.5, 0.6) is 0 Å². The lowest BCUT2D eigenvalue weighted by Gasteiger charge is -2.36. The van der Waals surface area contributed by atoms with E-state index in [1.54, 1.807) is 0 Å². The SMILES string of the molecule is Cc1ccc(CCc2nc3ccccc3n2C[C@H](C)N2CCN(C)CC2)cc1. The van der Waals surface area contributed by atoms with E-state index in [2.05, 4.69) is 83.8 Å². The normalized spacial score (nSPS) is 17.2. The predicted octanol–water partition coefficient (Wildman–Crippen LogP) is 3.77. The van der Waals surface area contributed by atoms with Gasteiger partial charge in [0.25, 0.3) is 0 Å². The summed E-state index contributed by atoms with van der Waals surface area (Å²) in [7, 11) is 2.22. The Bertz CT molecular complexity index is 904. The standard InChI is InChI=1S/C24H32N4/c1-19-8-10-21(11-9-19)12-13-24-25-22-6-4-5-7-23(22)28(24)18-20(2)27-16-14-26(3)15-17-27/h4-11,20H,12-18H2,1-3H3/t20-/m0/s1. The fraction of sp³-hybridized carbons (Fsp3) is 0.458. The number of imidazole rings is 1. The fourth-order valence-electron chi connectivity index (χ4n) is 4.17. The maximum Gasteiger partial charge on any atom is 0.110 e. The molecular formula is C24H32N4. The summed E-state index contributed by atoms with van der Waals surface area (Å²) >= 11 is 0. The largest absolute Gasteiger partial charge is 0.326 e. The number of aryl methyl sites for hydroxylation is 3. The van der Waals surface area contributed by atoms with Crippen LogP contribution in [0.3, 0.4) is 0 Å². The van der Waals surface area contributed by atoms with Gasteiger partial charge in [-0.3, -0.25) is 4.90 Å². The minimum absolute atomic E-state index is 0.518. The number of aromatic nitrogens is 2. The van der Waals surface area contributed by atoms with Gasteiger partial charge in [0.2, 0.25) is 0 Å². The molecule has 1 aromatic heterocycles. The van der Waals surface area contributed by atoms with Crippen molar-refractivity contribution in [2.24, 2.45) is 0 Å². The number of fused-ring (bicyclic) bond motifs is 1. The van der Waals surface area contributed by atoms with Crippen molar-refractivity contribution in [3.05, 3.63) is 65.5 Å². The van der Waals surface area contributed by atoms with Crippen LogP contribution in [-0.2, 0) is 19.4 Å². The number of benzene rings is 2. The molecule has 0 bridgehead atoms. The van der Waals surface area contributed by atoms with E-state index in [1.165, 1.54) is 22.5 Å². The van der Waals surface area contributed by atoms with Crippen molar-refractivity contribution in [3.63, 3.8) is 0 Å². The second-order valence-electron chi connectivity index (χ2n) is 8.30. The molecule has 0 amide bonds. The van der Waals surface area contributed by atoms with Crippen molar-refractivity contribution in [2.75, 3.05) is 33.2 Å². The van der Waals surface area contributed by atoms with Gasteiger partial charge < -0.3 is 9.47 Å². The van der Waals surface area contributed by atoms with Crippen LogP contribution < -0.4 is 0 Å². The van der Waals surface area contributed by atoms with Gasteiger partial charge in [-0.1, -0.05) is 42.0 Å². The number of rotatable bonds is 6. The van der Waals surface area contributed by atoms with Crippen molar-refractivity contribution in [3.8, 4) is 0 Å². The molecule has 0 unspecified atom stereocenters. The maximum absolute atomic E-state index is 4.99. The summed E-state index contributed by atoms with van der Waals surface area (Å²) in [5.74, 6) is 1.21. The molecule has 0 N–H and O–H groups in total. The van der Waals surface area contributed by atoms with E-state index >= 15 is 0 Å². The van der Waals surface area contributed by atoms with Crippen LogP contribution >= 0.6 is 0 Å². The third kappa shape index (κ3) is 4.29. The second-order valence-corrected chi connectivity index (χ2v) is 8.30. The van der Waals surface area contributed by atoms with Crippen LogP contribution in [-0.4, -0.2) is 58.6 Å². The zero-order valence-electron chi connectivity index (χ0n) is 17.4. The minimum Gasteiger partial charge on any atom is -0.326 e. The van der Waals surface area contributed by atoms with E-state index in [0.29, 0.717) is 6.04 Å². The molecule has 0 aliphatic carbocycles. The monoisotopic (exact) mass is 376 g/mol. The van der Waals surface area contributed by atoms with Crippen LogP contribution in [0.15, 0.2) is 48.5 Å². The molecule has 1 atom stereocenters. The molecule has 1 fully saturated rings. The molecule has 0 radical (unpaired) electrons. The summed E-state index contributed by atoms with van der Waals surface area (Å²) in [6, 6.07) is 18.0. The van der Waals surface area contributed by atoms with E-state index in [9.17, 15) is 0 Å². The molecule has 4 heteroatoms. The first kappa shape index (κ1) is 19.2. The quantitative estimate of drug-likeness (QED) is 0.655. The Hall–Kier alpha value is -2.17. The topological polar surface area (TPSA) is 24.3 Å². The van der Waals surface area contributed by atoms with Crippen LogP contribution in [0.4, 0.5) is 0 Å². The predicted molar refractivity (Wildman–Crippen MR) is 117 cm³/mol. The first-order valence-corrected chi connectivity index (χ1v) is 10.5. The molecule has 4 rings (SSSR count). The minimum atomic E-state index is 0.518. The average molecular weight is 377 g/mol. The van der Waals surface area contributed by atoms with E-state index in [0.717, 1.165) is 51.1 Å². The molecule has 28 heavy (non-hydrogen) atoms. The van der Waals surface area contributed by atoms with Crippen molar-refractivity contribution >= 4 is 11.0 Å².